The van der Waals surface area contributed by atoms with Crippen LogP contribution in [-0.4, -0.2) is 30.2 Å². The van der Waals surface area contributed by atoms with Crippen LogP contribution in [-0.2, 0) is 20.1 Å². The molecular weight excluding hydrogens is 472 g/mol. The predicted octanol–water partition coefficient (Wildman–Crippen LogP) is 3.97. The summed E-state index contributed by atoms with van der Waals surface area (Å²) in [5, 5.41) is 0.516. The number of hydrogen-bond donors (Lipinski definition) is 0. The van der Waals surface area contributed by atoms with Gasteiger partial charge in [-0.2, -0.15) is 0 Å². The molecule has 3 aromatic carbocycles. The molecule has 0 radical (unpaired) electrons. The highest BCUT2D eigenvalue weighted by Gasteiger charge is 2.22. The number of aryl methyl sites for hydroxylation is 1. The van der Waals surface area contributed by atoms with E-state index in [1.807, 2.05) is 83.4 Å². The fourth-order valence-electron chi connectivity index (χ4n) is 4.12. The summed E-state index contributed by atoms with van der Waals surface area (Å²) in [6, 6.07) is 28.2. The quantitative estimate of drug-likeness (QED) is 0.240. The first kappa shape index (κ1) is 23.6. The fraction of sp³-hybridized carbons (Fsp3) is 0.143. The maximum atomic E-state index is 13.7. The lowest BCUT2D eigenvalue weighted by Gasteiger charge is -2.11. The number of imidazole rings is 1. The first-order chi connectivity index (χ1) is 17.5. The molecule has 0 saturated heterocycles. The van der Waals surface area contributed by atoms with Crippen molar-refractivity contribution in [2.45, 2.75) is 18.2 Å². The van der Waals surface area contributed by atoms with Gasteiger partial charge in [-0.15, -0.1) is 0 Å². The van der Waals surface area contributed by atoms with Gasteiger partial charge in [-0.05, 0) is 11.1 Å². The Kier molecular flexibility index (Phi) is 6.69. The second kappa shape index (κ2) is 10.2. The molecular formula is C28H24N4O3S. The standard InChI is InChI=1S/C28H24N4O3S/c1-30-25-24(26(34)32(28(30)35)18-21-13-7-3-8-14-21)31(17-20-11-5-2-6-12-20)27(29-25)36-19-23(33)22-15-9-4-10-16-22/h2-16H,17-19H2,1H3. The van der Waals surface area contributed by atoms with Crippen molar-refractivity contribution >= 4 is 28.7 Å². The van der Waals surface area contributed by atoms with E-state index < -0.39 is 11.2 Å². The van der Waals surface area contributed by atoms with E-state index in [2.05, 4.69) is 4.98 Å². The zero-order chi connectivity index (χ0) is 25.1. The fourth-order valence-corrected chi connectivity index (χ4v) is 5.01. The van der Waals surface area contributed by atoms with Gasteiger partial charge >= 0.3 is 5.69 Å². The molecule has 0 atom stereocenters. The third-order valence-corrected chi connectivity index (χ3v) is 6.97. The average molecular weight is 497 g/mol. The maximum Gasteiger partial charge on any atom is 0.332 e. The lowest BCUT2D eigenvalue weighted by Crippen LogP contribution is -2.40. The smallest absolute Gasteiger partial charge is 0.309 e. The van der Waals surface area contributed by atoms with E-state index in [0.717, 1.165) is 11.1 Å². The number of fused-ring (bicyclic) bond motifs is 1. The summed E-state index contributed by atoms with van der Waals surface area (Å²) in [6.07, 6.45) is 0. The minimum Gasteiger partial charge on any atom is -0.309 e. The van der Waals surface area contributed by atoms with Gasteiger partial charge in [-0.3, -0.25) is 18.7 Å². The molecule has 2 aromatic heterocycles. The van der Waals surface area contributed by atoms with Crippen LogP contribution in [0.2, 0.25) is 0 Å². The highest BCUT2D eigenvalue weighted by atomic mass is 32.2. The summed E-state index contributed by atoms with van der Waals surface area (Å²) in [4.78, 5) is 44.3. The summed E-state index contributed by atoms with van der Waals surface area (Å²) in [6.45, 7) is 0.547. The summed E-state index contributed by atoms with van der Waals surface area (Å²) < 4.78 is 4.46. The lowest BCUT2D eigenvalue weighted by molar-refractivity contribution is 0.102. The Labute approximate surface area is 211 Å². The van der Waals surface area contributed by atoms with E-state index in [-0.39, 0.29) is 18.1 Å². The van der Waals surface area contributed by atoms with Gasteiger partial charge in [-0.1, -0.05) is 103 Å². The number of rotatable bonds is 8. The molecule has 180 valence electrons. The van der Waals surface area contributed by atoms with Gasteiger partial charge in [-0.25, -0.2) is 9.78 Å². The molecule has 0 fully saturated rings. The molecule has 0 aliphatic carbocycles. The molecule has 5 rings (SSSR count). The number of aromatic nitrogens is 4. The van der Waals surface area contributed by atoms with Crippen LogP contribution in [0.4, 0.5) is 0 Å². The molecule has 7 nitrogen and oxygen atoms in total. The van der Waals surface area contributed by atoms with Crippen LogP contribution < -0.4 is 11.2 Å². The molecule has 0 spiro atoms. The SMILES string of the molecule is Cn1c(=O)n(Cc2ccccc2)c(=O)c2c1nc(SCC(=O)c1ccccc1)n2Cc1ccccc1. The summed E-state index contributed by atoms with van der Waals surface area (Å²) >= 11 is 1.27. The Balaban J connectivity index is 1.61. The number of carbonyl (C=O) groups excluding carboxylic acids is 1. The molecule has 0 unspecified atom stereocenters. The number of benzene rings is 3. The second-order valence-electron chi connectivity index (χ2n) is 8.43. The molecule has 5 aromatic rings. The molecule has 36 heavy (non-hydrogen) atoms. The van der Waals surface area contributed by atoms with Gasteiger partial charge in [0.25, 0.3) is 5.56 Å². The lowest BCUT2D eigenvalue weighted by atomic mass is 10.2. The van der Waals surface area contributed by atoms with Crippen molar-refractivity contribution in [3.8, 4) is 0 Å². The van der Waals surface area contributed by atoms with Gasteiger partial charge in [0.2, 0.25) is 0 Å². The van der Waals surface area contributed by atoms with Crippen LogP contribution in [0.1, 0.15) is 21.5 Å². The van der Waals surface area contributed by atoms with Gasteiger partial charge < -0.3 is 4.57 Å². The van der Waals surface area contributed by atoms with Crippen LogP contribution in [0, 0.1) is 0 Å². The first-order valence-corrected chi connectivity index (χ1v) is 12.5. The number of thioether (sulfide) groups is 1. The van der Waals surface area contributed by atoms with Gasteiger partial charge in [0.15, 0.2) is 22.1 Å². The predicted molar refractivity (Wildman–Crippen MR) is 142 cm³/mol. The Morgan fingerprint density at radius 1 is 0.778 bits per heavy atom. The number of Topliss-reactive ketones (excluding diaryl/α,β-unsaturated/α-hetero) is 1. The van der Waals surface area contributed by atoms with Crippen LogP contribution in [0.15, 0.2) is 106 Å². The summed E-state index contributed by atoms with van der Waals surface area (Å²) in [5.41, 5.74) is 2.27. The third kappa shape index (κ3) is 4.67. The number of hydrogen-bond acceptors (Lipinski definition) is 5. The normalized spacial score (nSPS) is 11.1. The van der Waals surface area contributed by atoms with Crippen molar-refractivity contribution < 1.29 is 4.79 Å². The van der Waals surface area contributed by atoms with E-state index in [0.29, 0.717) is 28.4 Å². The van der Waals surface area contributed by atoms with Crippen molar-refractivity contribution in [3.05, 3.63) is 129 Å². The zero-order valence-electron chi connectivity index (χ0n) is 19.7. The Bertz CT molecular complexity index is 1640. The molecule has 0 saturated carbocycles. The van der Waals surface area contributed by atoms with E-state index in [1.165, 1.54) is 20.9 Å². The van der Waals surface area contributed by atoms with Crippen LogP contribution in [0.3, 0.4) is 0 Å². The number of carbonyl (C=O) groups is 1. The van der Waals surface area contributed by atoms with Crippen molar-refractivity contribution in [2.24, 2.45) is 7.05 Å². The molecule has 2 heterocycles. The van der Waals surface area contributed by atoms with Gasteiger partial charge in [0.1, 0.15) is 0 Å². The van der Waals surface area contributed by atoms with E-state index in [1.54, 1.807) is 19.2 Å². The zero-order valence-corrected chi connectivity index (χ0v) is 20.5. The van der Waals surface area contributed by atoms with E-state index >= 15 is 0 Å². The van der Waals surface area contributed by atoms with E-state index in [4.69, 9.17) is 0 Å². The number of ketones is 1. The highest BCUT2D eigenvalue weighted by Crippen LogP contribution is 2.24. The Morgan fingerprint density at radius 3 is 1.89 bits per heavy atom. The van der Waals surface area contributed by atoms with Crippen LogP contribution >= 0.6 is 11.8 Å². The van der Waals surface area contributed by atoms with Gasteiger partial charge in [0.05, 0.1) is 18.8 Å². The molecule has 0 bridgehead atoms. The molecule has 0 aliphatic rings. The van der Waals surface area contributed by atoms with E-state index in [9.17, 15) is 14.4 Å². The summed E-state index contributed by atoms with van der Waals surface area (Å²) in [7, 11) is 1.62. The monoisotopic (exact) mass is 496 g/mol. The van der Waals surface area contributed by atoms with Crippen molar-refractivity contribution in [1.82, 2.24) is 18.7 Å². The van der Waals surface area contributed by atoms with Crippen LogP contribution in [0.5, 0.6) is 0 Å². The molecule has 8 heteroatoms. The summed E-state index contributed by atoms with van der Waals surface area (Å²) in [5.74, 6) is 0.128. The maximum absolute atomic E-state index is 13.7. The molecule has 0 aliphatic heterocycles. The molecule has 0 amide bonds. The van der Waals surface area contributed by atoms with Crippen molar-refractivity contribution in [1.29, 1.82) is 0 Å². The minimum absolute atomic E-state index is 0.0331. The first-order valence-electron chi connectivity index (χ1n) is 11.5. The van der Waals surface area contributed by atoms with Crippen molar-refractivity contribution in [2.75, 3.05) is 5.75 Å². The Morgan fingerprint density at radius 2 is 1.31 bits per heavy atom. The topological polar surface area (TPSA) is 78.9 Å². The largest absolute Gasteiger partial charge is 0.332 e. The second-order valence-corrected chi connectivity index (χ2v) is 9.38. The highest BCUT2D eigenvalue weighted by molar-refractivity contribution is 7.99. The Hall–Kier alpha value is -4.17. The number of nitrogens with zero attached hydrogens (tertiary/aromatic N) is 4. The van der Waals surface area contributed by atoms with Crippen LogP contribution in [0.25, 0.3) is 11.2 Å². The minimum atomic E-state index is -0.433. The third-order valence-electron chi connectivity index (χ3n) is 5.99. The average Bonchev–Trinajstić information content (AvgIpc) is 3.28. The van der Waals surface area contributed by atoms with Gasteiger partial charge in [0, 0.05) is 12.6 Å². The van der Waals surface area contributed by atoms with Crippen molar-refractivity contribution in [3.63, 3.8) is 0 Å². The molecule has 0 N–H and O–H groups in total.